The van der Waals surface area contributed by atoms with E-state index in [-0.39, 0.29) is 10.6 Å². The van der Waals surface area contributed by atoms with Crippen LogP contribution in [0.3, 0.4) is 0 Å². The SMILES string of the molecule is CCS(=O)(=O)c1ccc(N(C)C(C)C(=O)O)cc1. The number of likely N-dealkylation sites (N-methyl/N-ethyl adjacent to an activating group) is 1. The maximum absolute atomic E-state index is 11.6. The van der Waals surface area contributed by atoms with Crippen molar-refractivity contribution >= 4 is 21.5 Å². The van der Waals surface area contributed by atoms with Crippen LogP contribution in [0.25, 0.3) is 0 Å². The lowest BCUT2D eigenvalue weighted by atomic mass is 10.2. The van der Waals surface area contributed by atoms with Crippen LogP contribution in [0.1, 0.15) is 13.8 Å². The van der Waals surface area contributed by atoms with E-state index in [9.17, 15) is 13.2 Å². The molecule has 0 fully saturated rings. The van der Waals surface area contributed by atoms with Gasteiger partial charge in [-0.15, -0.1) is 0 Å². The van der Waals surface area contributed by atoms with E-state index in [4.69, 9.17) is 5.11 Å². The van der Waals surface area contributed by atoms with Crippen molar-refractivity contribution in [3.8, 4) is 0 Å². The van der Waals surface area contributed by atoms with Crippen LogP contribution in [-0.2, 0) is 14.6 Å². The first kappa shape index (κ1) is 14.5. The van der Waals surface area contributed by atoms with Crippen molar-refractivity contribution < 1.29 is 18.3 Å². The molecule has 0 saturated heterocycles. The topological polar surface area (TPSA) is 74.7 Å². The fourth-order valence-electron chi connectivity index (χ4n) is 1.44. The van der Waals surface area contributed by atoms with Crippen LogP contribution >= 0.6 is 0 Å². The molecule has 100 valence electrons. The lowest BCUT2D eigenvalue weighted by molar-refractivity contribution is -0.138. The molecule has 1 rings (SSSR count). The zero-order valence-corrected chi connectivity index (χ0v) is 11.4. The summed E-state index contributed by atoms with van der Waals surface area (Å²) in [5, 5.41) is 8.90. The summed E-state index contributed by atoms with van der Waals surface area (Å²) in [5.41, 5.74) is 0.667. The van der Waals surface area contributed by atoms with E-state index in [0.717, 1.165) is 0 Å². The van der Waals surface area contributed by atoms with Crippen LogP contribution in [-0.4, -0.2) is 38.3 Å². The second-order valence-corrected chi connectivity index (χ2v) is 6.30. The number of benzene rings is 1. The third kappa shape index (κ3) is 3.01. The zero-order valence-electron chi connectivity index (χ0n) is 10.6. The summed E-state index contributed by atoms with van der Waals surface area (Å²) in [5.74, 6) is -0.879. The van der Waals surface area contributed by atoms with E-state index in [1.807, 2.05) is 0 Å². The van der Waals surface area contributed by atoms with Crippen LogP contribution in [0.2, 0.25) is 0 Å². The monoisotopic (exact) mass is 271 g/mol. The van der Waals surface area contributed by atoms with E-state index >= 15 is 0 Å². The quantitative estimate of drug-likeness (QED) is 0.876. The summed E-state index contributed by atoms with van der Waals surface area (Å²) in [7, 11) is -1.56. The Bertz CT molecular complexity index is 522. The van der Waals surface area contributed by atoms with Crippen molar-refractivity contribution in [2.24, 2.45) is 0 Å². The van der Waals surface area contributed by atoms with Gasteiger partial charge in [0, 0.05) is 12.7 Å². The molecule has 1 N–H and O–H groups in total. The minimum Gasteiger partial charge on any atom is -0.480 e. The van der Waals surface area contributed by atoms with E-state index in [1.54, 1.807) is 37.9 Å². The van der Waals surface area contributed by atoms with Crippen molar-refractivity contribution in [1.82, 2.24) is 0 Å². The van der Waals surface area contributed by atoms with Crippen LogP contribution in [0, 0.1) is 0 Å². The molecule has 0 aromatic heterocycles. The van der Waals surface area contributed by atoms with Gasteiger partial charge in [0.15, 0.2) is 9.84 Å². The highest BCUT2D eigenvalue weighted by Crippen LogP contribution is 2.19. The van der Waals surface area contributed by atoms with Gasteiger partial charge in [-0.1, -0.05) is 6.92 Å². The molecule has 0 saturated carbocycles. The zero-order chi connectivity index (χ0) is 13.9. The summed E-state index contributed by atoms with van der Waals surface area (Å²) in [6.07, 6.45) is 0. The highest BCUT2D eigenvalue weighted by molar-refractivity contribution is 7.91. The highest BCUT2D eigenvalue weighted by Gasteiger charge is 2.18. The summed E-state index contributed by atoms with van der Waals surface area (Å²) in [6.45, 7) is 3.15. The Morgan fingerprint density at radius 3 is 2.22 bits per heavy atom. The first-order chi connectivity index (χ1) is 8.29. The van der Waals surface area contributed by atoms with E-state index in [1.165, 1.54) is 12.1 Å². The molecule has 0 bridgehead atoms. The van der Waals surface area contributed by atoms with Gasteiger partial charge in [0.05, 0.1) is 10.6 Å². The molecule has 0 aliphatic heterocycles. The van der Waals surface area contributed by atoms with Crippen LogP contribution in [0.4, 0.5) is 5.69 Å². The van der Waals surface area contributed by atoms with E-state index in [0.29, 0.717) is 5.69 Å². The van der Waals surface area contributed by atoms with Crippen LogP contribution < -0.4 is 4.90 Å². The third-order valence-electron chi connectivity index (χ3n) is 2.92. The first-order valence-corrected chi connectivity index (χ1v) is 7.23. The van der Waals surface area contributed by atoms with Gasteiger partial charge in [0.1, 0.15) is 6.04 Å². The molecule has 6 heteroatoms. The van der Waals surface area contributed by atoms with Gasteiger partial charge in [-0.05, 0) is 31.2 Å². The fraction of sp³-hybridized carbons (Fsp3) is 0.417. The first-order valence-electron chi connectivity index (χ1n) is 5.58. The lowest BCUT2D eigenvalue weighted by Crippen LogP contribution is -2.35. The average Bonchev–Trinajstić information content (AvgIpc) is 2.37. The molecular formula is C12H17NO4S. The number of anilines is 1. The minimum atomic E-state index is -3.21. The Morgan fingerprint density at radius 1 is 1.33 bits per heavy atom. The molecule has 5 nitrogen and oxygen atoms in total. The molecule has 1 aromatic rings. The van der Waals surface area contributed by atoms with Crippen LogP contribution in [0.15, 0.2) is 29.2 Å². The van der Waals surface area contributed by atoms with Gasteiger partial charge in [-0.3, -0.25) is 0 Å². The Morgan fingerprint density at radius 2 is 1.83 bits per heavy atom. The van der Waals surface area contributed by atoms with Gasteiger partial charge in [-0.2, -0.15) is 0 Å². The van der Waals surface area contributed by atoms with Crippen molar-refractivity contribution in [2.75, 3.05) is 17.7 Å². The third-order valence-corrected chi connectivity index (χ3v) is 4.67. The number of carboxylic acid groups (broad SMARTS) is 1. The summed E-state index contributed by atoms with van der Waals surface area (Å²) < 4.78 is 23.2. The predicted octanol–water partition coefficient (Wildman–Crippen LogP) is 1.39. The van der Waals surface area contributed by atoms with Crippen molar-refractivity contribution in [1.29, 1.82) is 0 Å². The van der Waals surface area contributed by atoms with Gasteiger partial charge < -0.3 is 10.0 Å². The number of rotatable bonds is 5. The van der Waals surface area contributed by atoms with Crippen molar-refractivity contribution in [3.63, 3.8) is 0 Å². The van der Waals surface area contributed by atoms with E-state index in [2.05, 4.69) is 0 Å². The molecule has 1 aromatic carbocycles. The number of sulfone groups is 1. The number of hydrogen-bond acceptors (Lipinski definition) is 4. The molecule has 1 atom stereocenters. The average molecular weight is 271 g/mol. The van der Waals surface area contributed by atoms with Gasteiger partial charge in [-0.25, -0.2) is 13.2 Å². The molecule has 0 aliphatic rings. The molecule has 0 aliphatic carbocycles. The number of hydrogen-bond donors (Lipinski definition) is 1. The standard InChI is InChI=1S/C12H17NO4S/c1-4-18(16,17)11-7-5-10(6-8-11)13(3)9(2)12(14)15/h5-9H,4H2,1-3H3,(H,14,15). The van der Waals surface area contributed by atoms with Gasteiger partial charge >= 0.3 is 5.97 Å². The molecule has 0 amide bonds. The Kier molecular flexibility index (Phi) is 4.34. The largest absolute Gasteiger partial charge is 0.480 e. The summed E-state index contributed by atoms with van der Waals surface area (Å²) in [6, 6.07) is 5.56. The van der Waals surface area contributed by atoms with Crippen LogP contribution in [0.5, 0.6) is 0 Å². The predicted molar refractivity (Wildman–Crippen MR) is 69.7 cm³/mol. The van der Waals surface area contributed by atoms with E-state index < -0.39 is 21.8 Å². The van der Waals surface area contributed by atoms with Gasteiger partial charge in [0.25, 0.3) is 0 Å². The lowest BCUT2D eigenvalue weighted by Gasteiger charge is -2.23. The summed E-state index contributed by atoms with van der Waals surface area (Å²) in [4.78, 5) is 12.7. The summed E-state index contributed by atoms with van der Waals surface area (Å²) >= 11 is 0. The number of nitrogens with zero attached hydrogens (tertiary/aromatic N) is 1. The Labute approximate surface area is 107 Å². The van der Waals surface area contributed by atoms with Crippen molar-refractivity contribution in [3.05, 3.63) is 24.3 Å². The Balaban J connectivity index is 3.00. The van der Waals surface area contributed by atoms with Gasteiger partial charge in [0.2, 0.25) is 0 Å². The number of carboxylic acids is 1. The van der Waals surface area contributed by atoms with Crippen molar-refractivity contribution in [2.45, 2.75) is 24.8 Å². The fourth-order valence-corrected chi connectivity index (χ4v) is 2.33. The number of aliphatic carboxylic acids is 1. The normalized spacial score (nSPS) is 13.1. The molecule has 0 radical (unpaired) electrons. The molecular weight excluding hydrogens is 254 g/mol. The minimum absolute atomic E-state index is 0.0493. The maximum atomic E-state index is 11.6. The maximum Gasteiger partial charge on any atom is 0.326 e. The molecule has 1 unspecified atom stereocenters. The highest BCUT2D eigenvalue weighted by atomic mass is 32.2. The second kappa shape index (κ2) is 5.39. The molecule has 0 spiro atoms. The second-order valence-electron chi connectivity index (χ2n) is 4.02. The molecule has 0 heterocycles. The number of carbonyl (C=O) groups is 1. The molecule has 18 heavy (non-hydrogen) atoms. The smallest absolute Gasteiger partial charge is 0.326 e. The Hall–Kier alpha value is -1.56.